The Morgan fingerprint density at radius 3 is 2.25 bits per heavy atom. The van der Waals surface area contributed by atoms with E-state index in [1.165, 1.54) is 12.1 Å². The molecule has 2 aromatic carbocycles. The lowest BCUT2D eigenvalue weighted by atomic mass is 10.1. The van der Waals surface area contributed by atoms with Gasteiger partial charge in [0.05, 0.1) is 5.52 Å². The molecule has 8 heteroatoms. The first kappa shape index (κ1) is 16.3. The van der Waals surface area contributed by atoms with Crippen LogP contribution in [0.3, 0.4) is 0 Å². The van der Waals surface area contributed by atoms with E-state index in [1.54, 1.807) is 6.20 Å². The lowest BCUT2D eigenvalue weighted by Gasteiger charge is -2.10. The molecule has 0 saturated heterocycles. The number of benzene rings is 2. The van der Waals surface area contributed by atoms with E-state index in [9.17, 15) is 21.6 Å². The number of nitrogens with zero attached hydrogens (tertiary/aromatic N) is 1. The van der Waals surface area contributed by atoms with Gasteiger partial charge in [-0.25, -0.2) is 0 Å². The molecule has 0 aliphatic heterocycles. The van der Waals surface area contributed by atoms with Gasteiger partial charge >= 0.3 is 15.6 Å². The summed E-state index contributed by atoms with van der Waals surface area (Å²) in [5, 5.41) is 0.912. The molecule has 0 aliphatic rings. The fourth-order valence-electron chi connectivity index (χ4n) is 2.11. The molecule has 1 aromatic heterocycles. The van der Waals surface area contributed by atoms with Crippen LogP contribution in [0.1, 0.15) is 0 Å². The number of fused-ring (bicyclic) bond motifs is 1. The van der Waals surface area contributed by atoms with Gasteiger partial charge < -0.3 is 4.18 Å². The van der Waals surface area contributed by atoms with Crippen LogP contribution in [0, 0.1) is 0 Å². The van der Waals surface area contributed by atoms with Gasteiger partial charge in [-0.3, -0.25) is 4.98 Å². The highest BCUT2D eigenvalue weighted by molar-refractivity contribution is 7.88. The number of aromatic nitrogens is 1. The summed E-state index contributed by atoms with van der Waals surface area (Å²) in [5.41, 5.74) is -3.23. The normalized spacial score (nSPS) is 12.3. The van der Waals surface area contributed by atoms with Gasteiger partial charge in [-0.15, -0.1) is 0 Å². The van der Waals surface area contributed by atoms with E-state index < -0.39 is 21.4 Å². The van der Waals surface area contributed by atoms with E-state index >= 15 is 0 Å². The number of rotatable bonds is 3. The van der Waals surface area contributed by atoms with Gasteiger partial charge in [0.15, 0.2) is 0 Å². The van der Waals surface area contributed by atoms with Crippen LogP contribution in [0.25, 0.3) is 22.0 Å². The molecule has 0 fully saturated rings. The van der Waals surface area contributed by atoms with Crippen LogP contribution < -0.4 is 4.18 Å². The second-order valence-corrected chi connectivity index (χ2v) is 6.46. The highest BCUT2D eigenvalue weighted by Gasteiger charge is 2.48. The van der Waals surface area contributed by atoms with Crippen LogP contribution >= 0.6 is 0 Å². The first-order valence-corrected chi connectivity index (χ1v) is 8.13. The highest BCUT2D eigenvalue weighted by atomic mass is 32.2. The van der Waals surface area contributed by atoms with E-state index in [2.05, 4.69) is 9.17 Å². The van der Waals surface area contributed by atoms with Crippen molar-refractivity contribution < 1.29 is 25.8 Å². The molecule has 0 saturated carbocycles. The Labute approximate surface area is 135 Å². The molecular weight excluding hydrogens is 343 g/mol. The molecule has 1 heterocycles. The molecule has 0 radical (unpaired) electrons. The summed E-state index contributed by atoms with van der Waals surface area (Å²) in [6.07, 6.45) is 1.63. The average molecular weight is 353 g/mol. The molecule has 124 valence electrons. The number of alkyl halides is 3. The predicted molar refractivity (Wildman–Crippen MR) is 82.8 cm³/mol. The van der Waals surface area contributed by atoms with Gasteiger partial charge in [-0.1, -0.05) is 30.3 Å². The number of pyridine rings is 1. The Kier molecular flexibility index (Phi) is 3.92. The Morgan fingerprint density at radius 1 is 0.917 bits per heavy atom. The minimum atomic E-state index is -5.67. The molecular formula is C16H10F3NO3S. The molecule has 3 rings (SSSR count). The van der Waals surface area contributed by atoms with E-state index in [0.29, 0.717) is 5.56 Å². The summed E-state index contributed by atoms with van der Waals surface area (Å²) in [5.74, 6) is -0.412. The van der Waals surface area contributed by atoms with Crippen LogP contribution in [0.4, 0.5) is 13.2 Å². The molecule has 0 atom stereocenters. The summed E-state index contributed by atoms with van der Waals surface area (Å²) in [4.78, 5) is 4.30. The van der Waals surface area contributed by atoms with Crippen molar-refractivity contribution in [3.63, 3.8) is 0 Å². The zero-order valence-corrected chi connectivity index (χ0v) is 12.8. The maximum atomic E-state index is 12.3. The van der Waals surface area contributed by atoms with Crippen molar-refractivity contribution >= 4 is 21.0 Å². The van der Waals surface area contributed by atoms with Gasteiger partial charge in [-0.05, 0) is 29.8 Å². The molecule has 0 amide bonds. The number of halogens is 3. The molecule has 0 unspecified atom stereocenters. The molecule has 24 heavy (non-hydrogen) atoms. The Balaban J connectivity index is 1.88. The van der Waals surface area contributed by atoms with Gasteiger partial charge in [0.1, 0.15) is 5.75 Å². The quantitative estimate of drug-likeness (QED) is 0.525. The summed E-state index contributed by atoms with van der Waals surface area (Å²) < 4.78 is 62.9. The monoisotopic (exact) mass is 353 g/mol. The average Bonchev–Trinajstić information content (AvgIpc) is 2.54. The lowest BCUT2D eigenvalue weighted by Crippen LogP contribution is -2.28. The highest BCUT2D eigenvalue weighted by Crippen LogP contribution is 2.29. The van der Waals surface area contributed by atoms with Crippen LogP contribution in [-0.2, 0) is 10.1 Å². The minimum absolute atomic E-state index is 0.412. The summed E-state index contributed by atoms with van der Waals surface area (Å²) in [6.45, 7) is 0. The maximum Gasteiger partial charge on any atom is 0.534 e. The standard InChI is InChI=1S/C16H10F3NO3S/c17-16(18,19)24(21,22)23-14-7-5-11(6-8-14)13-9-12-3-1-2-4-15(12)20-10-13/h1-10H. The molecule has 0 N–H and O–H groups in total. The van der Waals surface area contributed by atoms with Crippen molar-refractivity contribution in [3.05, 3.63) is 60.8 Å². The SMILES string of the molecule is O=S(=O)(Oc1ccc(-c2cnc3ccccc3c2)cc1)C(F)(F)F. The van der Waals surface area contributed by atoms with Gasteiger partial charge in [0.2, 0.25) is 0 Å². The third kappa shape index (κ3) is 3.18. The minimum Gasteiger partial charge on any atom is -0.376 e. The summed E-state index contributed by atoms with van der Waals surface area (Å²) in [7, 11) is -5.67. The van der Waals surface area contributed by atoms with Gasteiger partial charge in [0.25, 0.3) is 0 Å². The number of para-hydroxylation sites is 1. The predicted octanol–water partition coefficient (Wildman–Crippen LogP) is 4.13. The Morgan fingerprint density at radius 2 is 1.58 bits per heavy atom. The second kappa shape index (κ2) is 5.79. The first-order valence-electron chi connectivity index (χ1n) is 6.72. The van der Waals surface area contributed by atoms with E-state index in [0.717, 1.165) is 28.6 Å². The van der Waals surface area contributed by atoms with Crippen LogP contribution in [0.15, 0.2) is 60.8 Å². The van der Waals surface area contributed by atoms with Gasteiger partial charge in [-0.2, -0.15) is 21.6 Å². The molecule has 0 aliphatic carbocycles. The van der Waals surface area contributed by atoms with E-state index in [-0.39, 0.29) is 0 Å². The van der Waals surface area contributed by atoms with E-state index in [4.69, 9.17) is 0 Å². The van der Waals surface area contributed by atoms with Crippen molar-refractivity contribution in [2.75, 3.05) is 0 Å². The number of hydrogen-bond acceptors (Lipinski definition) is 4. The van der Waals surface area contributed by atoms with E-state index in [1.807, 2.05) is 30.3 Å². The van der Waals surface area contributed by atoms with Gasteiger partial charge in [0, 0.05) is 17.1 Å². The smallest absolute Gasteiger partial charge is 0.376 e. The zero-order valence-electron chi connectivity index (χ0n) is 12.0. The molecule has 0 bridgehead atoms. The topological polar surface area (TPSA) is 56.3 Å². The summed E-state index contributed by atoms with van der Waals surface area (Å²) >= 11 is 0. The fourth-order valence-corrected chi connectivity index (χ4v) is 2.56. The second-order valence-electron chi connectivity index (χ2n) is 4.92. The lowest BCUT2D eigenvalue weighted by molar-refractivity contribution is -0.0500. The van der Waals surface area contributed by atoms with Crippen molar-refractivity contribution in [1.29, 1.82) is 0 Å². The maximum absolute atomic E-state index is 12.3. The number of hydrogen-bond donors (Lipinski definition) is 0. The van der Waals surface area contributed by atoms with Crippen LogP contribution in [0.2, 0.25) is 0 Å². The Hall–Kier alpha value is -2.61. The van der Waals surface area contributed by atoms with Crippen molar-refractivity contribution in [2.24, 2.45) is 0 Å². The summed E-state index contributed by atoms with van der Waals surface area (Å²) in [6, 6.07) is 14.6. The van der Waals surface area contributed by atoms with Crippen LogP contribution in [0.5, 0.6) is 5.75 Å². The largest absolute Gasteiger partial charge is 0.534 e. The molecule has 4 nitrogen and oxygen atoms in total. The third-order valence-electron chi connectivity index (χ3n) is 3.27. The van der Waals surface area contributed by atoms with Crippen LogP contribution in [-0.4, -0.2) is 18.9 Å². The van der Waals surface area contributed by atoms with Crippen molar-refractivity contribution in [3.8, 4) is 16.9 Å². The first-order chi connectivity index (χ1) is 11.3. The van der Waals surface area contributed by atoms with Crippen molar-refractivity contribution in [2.45, 2.75) is 5.51 Å². The fraction of sp³-hybridized carbons (Fsp3) is 0.0625. The third-order valence-corrected chi connectivity index (χ3v) is 4.25. The Bertz CT molecular complexity index is 983. The zero-order chi connectivity index (χ0) is 17.4. The molecule has 3 aromatic rings. The molecule has 0 spiro atoms. The van der Waals surface area contributed by atoms with Crippen molar-refractivity contribution in [1.82, 2.24) is 4.98 Å².